The molecule has 150 valence electrons. The largest absolute Gasteiger partial charge is 0.308 e. The second-order valence-electron chi connectivity index (χ2n) is 6.43. The molecule has 4 nitrogen and oxygen atoms in total. The molecule has 1 heterocycles. The first-order valence-electron chi connectivity index (χ1n) is 8.24. The summed E-state index contributed by atoms with van der Waals surface area (Å²) in [4.78, 5) is 21.6. The van der Waals surface area contributed by atoms with Gasteiger partial charge in [-0.3, -0.25) is 9.69 Å². The van der Waals surface area contributed by atoms with Gasteiger partial charge in [-0.15, -0.1) is 12.4 Å². The first-order valence-corrected chi connectivity index (χ1v) is 10.2. The average molecular weight is 479 g/mol. The van der Waals surface area contributed by atoms with Crippen LogP contribution in [0.1, 0.15) is 15.9 Å². The molecule has 0 aliphatic carbocycles. The molecule has 9 heteroatoms. The third kappa shape index (κ3) is 5.09. The summed E-state index contributed by atoms with van der Waals surface area (Å²) in [5, 5.41) is 2.13. The minimum atomic E-state index is -0.191. The highest BCUT2D eigenvalue weighted by molar-refractivity contribution is 7.22. The number of halogens is 4. The van der Waals surface area contributed by atoms with Crippen LogP contribution in [0.3, 0.4) is 0 Å². The van der Waals surface area contributed by atoms with Crippen LogP contribution in [0.5, 0.6) is 0 Å². The fourth-order valence-electron chi connectivity index (χ4n) is 2.62. The highest BCUT2D eigenvalue weighted by atomic mass is 35.5. The minimum absolute atomic E-state index is 0. The van der Waals surface area contributed by atoms with Crippen LogP contribution >= 0.6 is 58.5 Å². The third-order valence-electron chi connectivity index (χ3n) is 4.09. The molecule has 0 spiro atoms. The maximum Gasteiger partial charge on any atom is 0.260 e. The van der Waals surface area contributed by atoms with E-state index in [9.17, 15) is 4.79 Å². The number of thiazole rings is 1. The summed E-state index contributed by atoms with van der Waals surface area (Å²) in [6.07, 6.45) is 0. The number of aromatic nitrogens is 1. The van der Waals surface area contributed by atoms with Crippen molar-refractivity contribution in [3.8, 4) is 0 Å². The number of carbonyl (C=O) groups is 1. The van der Waals surface area contributed by atoms with Crippen molar-refractivity contribution in [3.05, 3.63) is 56.5 Å². The van der Waals surface area contributed by atoms with E-state index < -0.39 is 0 Å². The molecule has 1 aromatic heterocycles. The third-order valence-corrected chi connectivity index (χ3v) is 5.98. The molecule has 0 saturated heterocycles. The summed E-state index contributed by atoms with van der Waals surface area (Å²) in [5.41, 5.74) is 2.15. The van der Waals surface area contributed by atoms with Crippen LogP contribution in [0.4, 0.5) is 5.13 Å². The smallest absolute Gasteiger partial charge is 0.260 e. The standard InChI is InChI=1S/C19H18Cl3N3OS.ClH/c1-11-15(22)4-5-16-17(11)23-19(27-16)25(7-6-24(2)3)18(26)12-8-13(20)10-14(21)9-12;/h4-5,8-10H,6-7H2,1-3H3;1H. The molecule has 0 saturated carbocycles. The van der Waals surface area contributed by atoms with E-state index in [0.717, 1.165) is 15.8 Å². The van der Waals surface area contributed by atoms with Crippen molar-refractivity contribution < 1.29 is 4.79 Å². The van der Waals surface area contributed by atoms with Crippen LogP contribution in [0.2, 0.25) is 15.1 Å². The Morgan fingerprint density at radius 1 is 1.07 bits per heavy atom. The van der Waals surface area contributed by atoms with Gasteiger partial charge in [0.25, 0.3) is 5.91 Å². The molecule has 0 N–H and O–H groups in total. The lowest BCUT2D eigenvalue weighted by atomic mass is 10.2. The molecule has 0 unspecified atom stereocenters. The molecular formula is C19H19Cl4N3OS. The van der Waals surface area contributed by atoms with Gasteiger partial charge in [0.1, 0.15) is 0 Å². The first-order chi connectivity index (χ1) is 12.8. The van der Waals surface area contributed by atoms with E-state index in [1.165, 1.54) is 11.3 Å². The number of hydrogen-bond donors (Lipinski definition) is 0. The van der Waals surface area contributed by atoms with Gasteiger partial charge >= 0.3 is 0 Å². The maximum absolute atomic E-state index is 13.2. The van der Waals surface area contributed by atoms with Gasteiger partial charge < -0.3 is 4.90 Å². The van der Waals surface area contributed by atoms with Crippen molar-refractivity contribution in [2.24, 2.45) is 0 Å². The van der Waals surface area contributed by atoms with Gasteiger partial charge in [0, 0.05) is 33.7 Å². The fourth-order valence-corrected chi connectivity index (χ4v) is 4.35. The second-order valence-corrected chi connectivity index (χ2v) is 8.72. The highest BCUT2D eigenvalue weighted by Gasteiger charge is 2.23. The molecular weight excluding hydrogens is 460 g/mol. The number of likely N-dealkylation sites (N-methyl/N-ethyl adjacent to an activating group) is 1. The van der Waals surface area contributed by atoms with Crippen LogP contribution < -0.4 is 4.90 Å². The molecule has 0 aliphatic rings. The van der Waals surface area contributed by atoms with Crippen LogP contribution in [0, 0.1) is 6.92 Å². The van der Waals surface area contributed by atoms with E-state index in [1.54, 1.807) is 23.1 Å². The van der Waals surface area contributed by atoms with E-state index in [-0.39, 0.29) is 18.3 Å². The number of hydrogen-bond acceptors (Lipinski definition) is 4. The maximum atomic E-state index is 13.2. The normalized spacial score (nSPS) is 11.0. The number of fused-ring (bicyclic) bond motifs is 1. The van der Waals surface area contributed by atoms with Gasteiger partial charge in [0.15, 0.2) is 5.13 Å². The van der Waals surface area contributed by atoms with E-state index in [2.05, 4.69) is 0 Å². The zero-order valence-corrected chi connectivity index (χ0v) is 19.4. The minimum Gasteiger partial charge on any atom is -0.308 e. The Bertz CT molecular complexity index is 986. The number of anilines is 1. The van der Waals surface area contributed by atoms with Crippen molar-refractivity contribution in [2.75, 3.05) is 32.1 Å². The molecule has 0 bridgehead atoms. The lowest BCUT2D eigenvalue weighted by molar-refractivity contribution is 0.0985. The SMILES string of the molecule is Cc1c(Cl)ccc2sc(N(CCN(C)C)C(=O)c3cc(Cl)cc(Cl)c3)nc12.Cl. The highest BCUT2D eigenvalue weighted by Crippen LogP contribution is 2.34. The number of nitrogens with zero attached hydrogens (tertiary/aromatic N) is 3. The van der Waals surface area contributed by atoms with Gasteiger partial charge in [0.05, 0.1) is 10.2 Å². The number of benzene rings is 2. The number of rotatable bonds is 5. The number of carbonyl (C=O) groups excluding carboxylic acids is 1. The molecule has 0 radical (unpaired) electrons. The van der Waals surface area contributed by atoms with Crippen molar-refractivity contribution >= 4 is 79.8 Å². The van der Waals surface area contributed by atoms with E-state index in [4.69, 9.17) is 39.8 Å². The van der Waals surface area contributed by atoms with Crippen LogP contribution in [-0.4, -0.2) is 43.0 Å². The number of amides is 1. The predicted molar refractivity (Wildman–Crippen MR) is 123 cm³/mol. The first kappa shape index (κ1) is 23.2. The zero-order chi connectivity index (χ0) is 19.7. The van der Waals surface area contributed by atoms with Crippen molar-refractivity contribution in [2.45, 2.75) is 6.92 Å². The Balaban J connectivity index is 0.00000280. The molecule has 2 aromatic carbocycles. The Kier molecular flexibility index (Phi) is 7.97. The van der Waals surface area contributed by atoms with Crippen LogP contribution in [0.25, 0.3) is 10.2 Å². The van der Waals surface area contributed by atoms with Crippen molar-refractivity contribution in [1.29, 1.82) is 0 Å². The summed E-state index contributed by atoms with van der Waals surface area (Å²) >= 11 is 19.9. The summed E-state index contributed by atoms with van der Waals surface area (Å²) in [6, 6.07) is 8.62. The topological polar surface area (TPSA) is 36.4 Å². The molecule has 0 atom stereocenters. The summed E-state index contributed by atoms with van der Waals surface area (Å²) in [7, 11) is 3.92. The van der Waals surface area contributed by atoms with Crippen LogP contribution in [-0.2, 0) is 0 Å². The Labute approximate surface area is 189 Å². The lowest BCUT2D eigenvalue weighted by Crippen LogP contribution is -2.36. The monoisotopic (exact) mass is 477 g/mol. The quantitative estimate of drug-likeness (QED) is 0.438. The summed E-state index contributed by atoms with van der Waals surface area (Å²) < 4.78 is 0.985. The van der Waals surface area contributed by atoms with E-state index in [0.29, 0.717) is 38.9 Å². The molecule has 3 rings (SSSR count). The Morgan fingerprint density at radius 2 is 1.71 bits per heavy atom. The lowest BCUT2D eigenvalue weighted by Gasteiger charge is -2.22. The Morgan fingerprint density at radius 3 is 2.32 bits per heavy atom. The molecule has 1 amide bonds. The number of aryl methyl sites for hydroxylation is 1. The van der Waals surface area contributed by atoms with Gasteiger partial charge in [-0.2, -0.15) is 0 Å². The van der Waals surface area contributed by atoms with E-state index in [1.807, 2.05) is 38.1 Å². The van der Waals surface area contributed by atoms with Crippen molar-refractivity contribution in [1.82, 2.24) is 9.88 Å². The molecule has 28 heavy (non-hydrogen) atoms. The second kappa shape index (κ2) is 9.61. The predicted octanol–water partition coefficient (Wildman–Crippen LogP) is 6.20. The van der Waals surface area contributed by atoms with Crippen LogP contribution in [0.15, 0.2) is 30.3 Å². The van der Waals surface area contributed by atoms with Gasteiger partial charge in [-0.1, -0.05) is 46.1 Å². The molecule has 0 aliphatic heterocycles. The molecule has 0 fully saturated rings. The molecule has 3 aromatic rings. The Hall–Kier alpha value is -1.08. The summed E-state index contributed by atoms with van der Waals surface area (Å²) in [5.74, 6) is -0.191. The van der Waals surface area contributed by atoms with Crippen molar-refractivity contribution in [3.63, 3.8) is 0 Å². The van der Waals surface area contributed by atoms with Gasteiger partial charge in [0.2, 0.25) is 0 Å². The summed E-state index contributed by atoms with van der Waals surface area (Å²) in [6.45, 7) is 3.11. The zero-order valence-electron chi connectivity index (χ0n) is 15.5. The average Bonchev–Trinajstić information content (AvgIpc) is 3.02. The fraction of sp³-hybridized carbons (Fsp3) is 0.263. The van der Waals surface area contributed by atoms with Gasteiger partial charge in [-0.25, -0.2) is 4.98 Å². The van der Waals surface area contributed by atoms with E-state index >= 15 is 0 Å². The van der Waals surface area contributed by atoms with Gasteiger partial charge in [-0.05, 0) is 56.9 Å².